The van der Waals surface area contributed by atoms with E-state index >= 15 is 0 Å². The summed E-state index contributed by atoms with van der Waals surface area (Å²) in [5, 5.41) is 14.7. The number of nitrogens with one attached hydrogen (secondary N) is 2. The SMILES string of the molecule is CN[C@@H](CCCNC(N)=NC/C=C(/C)CCC=C(C)C)C(=O)O. The minimum Gasteiger partial charge on any atom is -0.480 e. The second-order valence-electron chi connectivity index (χ2n) is 5.85. The monoisotopic (exact) mass is 324 g/mol. The molecule has 6 heteroatoms. The van der Waals surface area contributed by atoms with E-state index in [0.717, 1.165) is 12.8 Å². The first-order valence-electron chi connectivity index (χ1n) is 8.09. The Kier molecular flexibility index (Phi) is 11.7. The van der Waals surface area contributed by atoms with E-state index in [1.807, 2.05) is 0 Å². The van der Waals surface area contributed by atoms with E-state index < -0.39 is 12.0 Å². The molecule has 0 rings (SSSR count). The summed E-state index contributed by atoms with van der Waals surface area (Å²) in [5.74, 6) is -0.433. The Labute approximate surface area is 139 Å². The Hall–Kier alpha value is -1.82. The van der Waals surface area contributed by atoms with Crippen LogP contribution in [0.15, 0.2) is 28.3 Å². The number of rotatable bonds is 11. The Morgan fingerprint density at radius 1 is 1.30 bits per heavy atom. The van der Waals surface area contributed by atoms with Gasteiger partial charge in [0.05, 0.1) is 6.54 Å². The Morgan fingerprint density at radius 3 is 2.57 bits per heavy atom. The number of hydrogen-bond acceptors (Lipinski definition) is 3. The highest BCUT2D eigenvalue weighted by molar-refractivity contribution is 5.77. The summed E-state index contributed by atoms with van der Waals surface area (Å²) < 4.78 is 0. The number of carbonyl (C=O) groups is 1. The molecular weight excluding hydrogens is 292 g/mol. The molecule has 0 aliphatic carbocycles. The van der Waals surface area contributed by atoms with Crippen molar-refractivity contribution in [3.8, 4) is 0 Å². The minimum absolute atomic E-state index is 0.398. The number of nitrogens with zero attached hydrogens (tertiary/aromatic N) is 1. The molecule has 0 aliphatic rings. The van der Waals surface area contributed by atoms with Crippen LogP contribution in [0.4, 0.5) is 0 Å². The summed E-state index contributed by atoms with van der Waals surface area (Å²) in [4.78, 5) is 15.1. The summed E-state index contributed by atoms with van der Waals surface area (Å²) >= 11 is 0. The van der Waals surface area contributed by atoms with Crippen molar-refractivity contribution in [1.82, 2.24) is 10.6 Å². The van der Waals surface area contributed by atoms with E-state index in [2.05, 4.69) is 48.5 Å². The van der Waals surface area contributed by atoms with Gasteiger partial charge in [0.25, 0.3) is 0 Å². The lowest BCUT2D eigenvalue weighted by Crippen LogP contribution is -2.36. The molecule has 132 valence electrons. The van der Waals surface area contributed by atoms with E-state index in [0.29, 0.717) is 31.9 Å². The zero-order valence-corrected chi connectivity index (χ0v) is 14.9. The van der Waals surface area contributed by atoms with E-state index in [9.17, 15) is 4.79 Å². The standard InChI is InChI=1S/C17H32N4O2/c1-13(2)7-5-8-14(3)10-12-21-17(18)20-11-6-9-15(19-4)16(22)23/h7,10,15,19H,5-6,8-9,11-12H2,1-4H3,(H,22,23)(H3,18,20,21)/b14-10-/t15-/m0/s1. The maximum Gasteiger partial charge on any atom is 0.320 e. The molecule has 23 heavy (non-hydrogen) atoms. The van der Waals surface area contributed by atoms with Crippen molar-refractivity contribution < 1.29 is 9.90 Å². The lowest BCUT2D eigenvalue weighted by atomic mass is 10.1. The van der Waals surface area contributed by atoms with Crippen LogP contribution in [0.2, 0.25) is 0 Å². The number of carboxylic acids is 1. The molecule has 0 fully saturated rings. The predicted octanol–water partition coefficient (Wildman–Crippen LogP) is 2.04. The maximum atomic E-state index is 10.8. The number of aliphatic carboxylic acids is 1. The van der Waals surface area contributed by atoms with Crippen LogP contribution in [0.25, 0.3) is 0 Å². The quantitative estimate of drug-likeness (QED) is 0.202. The third kappa shape index (κ3) is 12.4. The molecule has 6 nitrogen and oxygen atoms in total. The molecule has 0 unspecified atom stereocenters. The largest absolute Gasteiger partial charge is 0.480 e. The van der Waals surface area contributed by atoms with Crippen LogP contribution in [0, 0.1) is 0 Å². The molecule has 0 saturated carbocycles. The number of likely N-dealkylation sites (N-methyl/N-ethyl adjacent to an activating group) is 1. The average Bonchev–Trinajstić information content (AvgIpc) is 2.46. The van der Waals surface area contributed by atoms with E-state index in [1.165, 1.54) is 11.1 Å². The molecule has 0 radical (unpaired) electrons. The van der Waals surface area contributed by atoms with Gasteiger partial charge in [-0.3, -0.25) is 4.79 Å². The second kappa shape index (κ2) is 12.7. The summed E-state index contributed by atoms with van der Waals surface area (Å²) in [5.41, 5.74) is 8.42. The maximum absolute atomic E-state index is 10.8. The minimum atomic E-state index is -0.831. The van der Waals surface area contributed by atoms with Crippen molar-refractivity contribution in [2.24, 2.45) is 10.7 Å². The van der Waals surface area contributed by atoms with Crippen molar-refractivity contribution in [2.75, 3.05) is 20.1 Å². The van der Waals surface area contributed by atoms with Gasteiger partial charge >= 0.3 is 5.97 Å². The first-order chi connectivity index (χ1) is 10.9. The fraction of sp³-hybridized carbons (Fsp3) is 0.647. The second-order valence-corrected chi connectivity index (χ2v) is 5.85. The van der Waals surface area contributed by atoms with Crippen molar-refractivity contribution in [2.45, 2.75) is 52.5 Å². The van der Waals surface area contributed by atoms with Crippen molar-refractivity contribution in [1.29, 1.82) is 0 Å². The number of guanidine groups is 1. The van der Waals surface area contributed by atoms with E-state index in [1.54, 1.807) is 7.05 Å². The molecule has 0 aromatic rings. The predicted molar refractivity (Wildman–Crippen MR) is 96.6 cm³/mol. The van der Waals surface area contributed by atoms with Gasteiger partial charge in [0.1, 0.15) is 6.04 Å². The number of allylic oxidation sites excluding steroid dienone is 3. The van der Waals surface area contributed by atoms with Gasteiger partial charge in [0.15, 0.2) is 5.96 Å². The molecule has 1 atom stereocenters. The van der Waals surface area contributed by atoms with Gasteiger partial charge in [0, 0.05) is 6.54 Å². The van der Waals surface area contributed by atoms with Crippen LogP contribution in [0.3, 0.4) is 0 Å². The Balaban J connectivity index is 3.94. The Bertz CT molecular complexity index is 438. The molecule has 0 bridgehead atoms. The van der Waals surface area contributed by atoms with Crippen LogP contribution < -0.4 is 16.4 Å². The van der Waals surface area contributed by atoms with Gasteiger partial charge in [-0.2, -0.15) is 0 Å². The number of aliphatic imine (C=N–C) groups is 1. The smallest absolute Gasteiger partial charge is 0.320 e. The van der Waals surface area contributed by atoms with E-state index in [4.69, 9.17) is 10.8 Å². The average molecular weight is 324 g/mol. The van der Waals surface area contributed by atoms with Gasteiger partial charge in [-0.25, -0.2) is 4.99 Å². The lowest BCUT2D eigenvalue weighted by molar-refractivity contribution is -0.139. The summed E-state index contributed by atoms with van der Waals surface area (Å²) in [7, 11) is 1.65. The fourth-order valence-corrected chi connectivity index (χ4v) is 1.96. The summed E-state index contributed by atoms with van der Waals surface area (Å²) in [6.07, 6.45) is 7.66. The molecule has 0 amide bonds. The van der Waals surface area contributed by atoms with Gasteiger partial charge < -0.3 is 21.5 Å². The van der Waals surface area contributed by atoms with Crippen LogP contribution in [-0.4, -0.2) is 43.2 Å². The molecule has 0 saturated heterocycles. The third-order valence-corrected chi connectivity index (χ3v) is 3.41. The zero-order chi connectivity index (χ0) is 17.7. The molecular formula is C17H32N4O2. The van der Waals surface area contributed by atoms with Gasteiger partial charge in [-0.05, 0) is 53.5 Å². The highest BCUT2D eigenvalue weighted by atomic mass is 16.4. The highest BCUT2D eigenvalue weighted by Crippen LogP contribution is 2.06. The Morgan fingerprint density at radius 2 is 2.00 bits per heavy atom. The molecule has 0 aromatic heterocycles. The summed E-state index contributed by atoms with van der Waals surface area (Å²) in [6, 6.07) is -0.513. The topological polar surface area (TPSA) is 99.7 Å². The van der Waals surface area contributed by atoms with Gasteiger partial charge in [0.2, 0.25) is 0 Å². The first-order valence-corrected chi connectivity index (χ1v) is 8.09. The molecule has 0 aliphatic heterocycles. The van der Waals surface area contributed by atoms with Crippen molar-refractivity contribution in [3.63, 3.8) is 0 Å². The van der Waals surface area contributed by atoms with Crippen LogP contribution in [0.5, 0.6) is 0 Å². The summed E-state index contributed by atoms with van der Waals surface area (Å²) in [6.45, 7) is 7.48. The normalized spacial score (nSPS) is 13.6. The zero-order valence-electron chi connectivity index (χ0n) is 14.9. The number of hydrogen-bond donors (Lipinski definition) is 4. The van der Waals surface area contributed by atoms with E-state index in [-0.39, 0.29) is 0 Å². The lowest BCUT2D eigenvalue weighted by Gasteiger charge is -2.11. The van der Waals surface area contributed by atoms with Crippen molar-refractivity contribution in [3.05, 3.63) is 23.3 Å². The third-order valence-electron chi connectivity index (χ3n) is 3.41. The fourth-order valence-electron chi connectivity index (χ4n) is 1.96. The van der Waals surface area contributed by atoms with Crippen molar-refractivity contribution >= 4 is 11.9 Å². The van der Waals surface area contributed by atoms with Gasteiger partial charge in [-0.15, -0.1) is 0 Å². The highest BCUT2D eigenvalue weighted by Gasteiger charge is 2.13. The molecule has 0 heterocycles. The van der Waals surface area contributed by atoms with Crippen LogP contribution >= 0.6 is 0 Å². The first kappa shape index (κ1) is 21.2. The number of carboxylic acid groups (broad SMARTS) is 1. The molecule has 0 aromatic carbocycles. The molecule has 5 N–H and O–H groups in total. The molecule has 0 spiro atoms. The van der Waals surface area contributed by atoms with Gasteiger partial charge in [-0.1, -0.05) is 23.3 Å². The number of nitrogens with two attached hydrogens (primary N) is 1. The van der Waals surface area contributed by atoms with Crippen LogP contribution in [-0.2, 0) is 4.79 Å². The van der Waals surface area contributed by atoms with Crippen LogP contribution in [0.1, 0.15) is 46.5 Å².